The van der Waals surface area contributed by atoms with E-state index in [4.69, 9.17) is 8.92 Å². The Kier molecular flexibility index (Phi) is 6.25. The summed E-state index contributed by atoms with van der Waals surface area (Å²) in [5.74, 6) is -2.55. The van der Waals surface area contributed by atoms with E-state index in [0.717, 1.165) is 11.1 Å². The lowest BCUT2D eigenvalue weighted by Gasteiger charge is -2.20. The van der Waals surface area contributed by atoms with Crippen LogP contribution >= 0.6 is 0 Å². The molecule has 1 aliphatic carbocycles. The van der Waals surface area contributed by atoms with Gasteiger partial charge in [-0.25, -0.2) is 0 Å². The van der Waals surface area contributed by atoms with Crippen LogP contribution in [0.15, 0.2) is 48.5 Å². The summed E-state index contributed by atoms with van der Waals surface area (Å²) in [5, 5.41) is 9.52. The van der Waals surface area contributed by atoms with Crippen LogP contribution in [0.2, 0.25) is 0 Å². The Labute approximate surface area is 171 Å². The molecular weight excluding hydrogens is 425 g/mol. The van der Waals surface area contributed by atoms with Crippen molar-refractivity contribution in [1.82, 2.24) is 0 Å². The van der Waals surface area contributed by atoms with Crippen LogP contribution in [-0.4, -0.2) is 31.4 Å². The van der Waals surface area contributed by atoms with Crippen LogP contribution in [-0.2, 0) is 21.3 Å². The van der Waals surface area contributed by atoms with Gasteiger partial charge < -0.3 is 14.0 Å². The largest absolute Gasteiger partial charge is 0.485 e. The third-order valence-corrected chi connectivity index (χ3v) is 5.87. The van der Waals surface area contributed by atoms with E-state index in [0.29, 0.717) is 6.42 Å². The van der Waals surface area contributed by atoms with E-state index in [-0.39, 0.29) is 11.5 Å². The fraction of sp³-hybridized carbons (Fsp3) is 0.350. The second-order valence-corrected chi connectivity index (χ2v) is 8.62. The molecule has 0 fully saturated rings. The van der Waals surface area contributed by atoms with Gasteiger partial charge in [0, 0.05) is 12.5 Å². The van der Waals surface area contributed by atoms with Crippen molar-refractivity contribution in [1.29, 1.82) is 0 Å². The molecule has 2 atom stereocenters. The predicted octanol–water partition coefficient (Wildman–Crippen LogP) is 4.11. The highest BCUT2D eigenvalue weighted by Gasteiger charge is 2.39. The lowest BCUT2D eigenvalue weighted by molar-refractivity contribution is -0.144. The van der Waals surface area contributed by atoms with E-state index >= 15 is 0 Å². The Hall–Kier alpha value is -2.75. The number of rotatable bonds is 8. The van der Waals surface area contributed by atoms with E-state index in [9.17, 15) is 31.5 Å². The quantitative estimate of drug-likeness (QED) is 0.617. The summed E-state index contributed by atoms with van der Waals surface area (Å²) in [7, 11) is -4.22. The molecule has 3 rings (SSSR count). The zero-order valence-corrected chi connectivity index (χ0v) is 16.4. The van der Waals surface area contributed by atoms with Crippen molar-refractivity contribution in [2.24, 2.45) is 5.92 Å². The Morgan fingerprint density at radius 3 is 2.50 bits per heavy atom. The molecule has 2 unspecified atom stereocenters. The topological polar surface area (TPSA) is 89.9 Å². The molecule has 1 aliphatic rings. The minimum atomic E-state index is -4.44. The zero-order chi connectivity index (χ0) is 21.9. The molecule has 2 aromatic carbocycles. The fourth-order valence-electron chi connectivity index (χ4n) is 3.30. The van der Waals surface area contributed by atoms with Gasteiger partial charge in [0.15, 0.2) is 0 Å². The van der Waals surface area contributed by atoms with Gasteiger partial charge in [-0.05, 0) is 36.1 Å². The van der Waals surface area contributed by atoms with Crippen molar-refractivity contribution in [2.75, 3.05) is 5.75 Å². The molecule has 0 saturated heterocycles. The first-order valence-corrected chi connectivity index (χ1v) is 10.7. The molecule has 6 nitrogen and oxygen atoms in total. The Morgan fingerprint density at radius 2 is 1.80 bits per heavy atom. The molecule has 2 aromatic rings. The van der Waals surface area contributed by atoms with Crippen molar-refractivity contribution in [3.63, 3.8) is 0 Å². The van der Waals surface area contributed by atoms with Crippen LogP contribution in [0.1, 0.15) is 30.1 Å². The van der Waals surface area contributed by atoms with Gasteiger partial charge in [0.05, 0.1) is 5.75 Å². The number of ether oxygens (including phenoxy) is 1. The monoisotopic (exact) mass is 444 g/mol. The van der Waals surface area contributed by atoms with Gasteiger partial charge in [0.25, 0.3) is 0 Å². The van der Waals surface area contributed by atoms with E-state index in [1.165, 1.54) is 24.3 Å². The van der Waals surface area contributed by atoms with Crippen LogP contribution in [0.25, 0.3) is 0 Å². The zero-order valence-electron chi connectivity index (χ0n) is 15.6. The van der Waals surface area contributed by atoms with Crippen molar-refractivity contribution in [3.8, 4) is 11.5 Å². The summed E-state index contributed by atoms with van der Waals surface area (Å²) >= 11 is 0. The number of aliphatic carboxylic acids is 1. The van der Waals surface area contributed by atoms with Crippen LogP contribution in [0.4, 0.5) is 13.2 Å². The molecule has 0 aromatic heterocycles. The lowest BCUT2D eigenvalue weighted by Crippen LogP contribution is -2.22. The number of hydrogen-bond acceptors (Lipinski definition) is 5. The number of alkyl halides is 3. The third-order valence-electron chi connectivity index (χ3n) is 4.63. The Bertz CT molecular complexity index is 1020. The molecule has 0 saturated carbocycles. The maximum atomic E-state index is 12.2. The number of carboxylic acid groups (broad SMARTS) is 1. The highest BCUT2D eigenvalue weighted by atomic mass is 32.2. The molecule has 0 amide bonds. The molecule has 0 heterocycles. The predicted molar refractivity (Wildman–Crippen MR) is 101 cm³/mol. The lowest BCUT2D eigenvalue weighted by atomic mass is 10.0. The first-order chi connectivity index (χ1) is 14.0. The summed E-state index contributed by atoms with van der Waals surface area (Å²) in [6, 6.07) is 12.7. The molecule has 0 spiro atoms. The van der Waals surface area contributed by atoms with Gasteiger partial charge in [0.2, 0.25) is 0 Å². The molecule has 10 heteroatoms. The van der Waals surface area contributed by atoms with Gasteiger partial charge in [-0.1, -0.05) is 30.3 Å². The molecule has 1 N–H and O–H groups in total. The SMILES string of the molecule is O=C(O)C1Cc2ccccc2C1Oc1cccc(OS(=O)(=O)CCCC(F)(F)F)c1. The standard InChI is InChI=1S/C20H19F3O6S/c21-20(22,23)9-4-10-30(26,27)29-15-7-3-6-14(12-15)28-18-16-8-2-1-5-13(16)11-17(18)19(24)25/h1-3,5-8,12,17-18H,4,9-11H2,(H,24,25). The van der Waals surface area contributed by atoms with Crippen LogP contribution in [0.3, 0.4) is 0 Å². The van der Waals surface area contributed by atoms with Gasteiger partial charge >= 0.3 is 22.3 Å². The molecule has 30 heavy (non-hydrogen) atoms. The average molecular weight is 444 g/mol. The third kappa shape index (κ3) is 5.65. The molecular formula is C20H19F3O6S. The molecule has 0 aliphatic heterocycles. The molecule has 0 radical (unpaired) electrons. The normalized spacial score (nSPS) is 18.6. The maximum absolute atomic E-state index is 12.2. The molecule has 162 valence electrons. The molecule has 0 bridgehead atoms. The second kappa shape index (κ2) is 8.55. The summed E-state index contributed by atoms with van der Waals surface area (Å²) in [6.07, 6.45) is -6.74. The van der Waals surface area contributed by atoms with E-state index < -0.39 is 52.9 Å². The number of carbonyl (C=O) groups is 1. The van der Waals surface area contributed by atoms with E-state index in [1.807, 2.05) is 6.07 Å². The summed E-state index contributed by atoms with van der Waals surface area (Å²) in [4.78, 5) is 11.6. The first-order valence-electron chi connectivity index (χ1n) is 9.10. The number of carboxylic acids is 1. The summed E-state index contributed by atoms with van der Waals surface area (Å²) in [5.41, 5.74) is 1.59. The van der Waals surface area contributed by atoms with Gasteiger partial charge in [-0.15, -0.1) is 0 Å². The minimum Gasteiger partial charge on any atom is -0.485 e. The van der Waals surface area contributed by atoms with Gasteiger partial charge in [-0.2, -0.15) is 21.6 Å². The van der Waals surface area contributed by atoms with Gasteiger partial charge in [0.1, 0.15) is 23.5 Å². The van der Waals surface area contributed by atoms with Crippen molar-refractivity contribution in [3.05, 3.63) is 59.7 Å². The number of benzene rings is 2. The second-order valence-electron chi connectivity index (χ2n) is 6.92. The van der Waals surface area contributed by atoms with Crippen LogP contribution in [0, 0.1) is 5.92 Å². The number of hydrogen-bond donors (Lipinski definition) is 1. The fourth-order valence-corrected chi connectivity index (χ4v) is 4.28. The highest BCUT2D eigenvalue weighted by molar-refractivity contribution is 7.87. The average Bonchev–Trinajstić information content (AvgIpc) is 2.99. The first kappa shape index (κ1) is 21.9. The van der Waals surface area contributed by atoms with Crippen LogP contribution in [0.5, 0.6) is 11.5 Å². The highest BCUT2D eigenvalue weighted by Crippen LogP contribution is 2.40. The smallest absolute Gasteiger partial charge is 0.389 e. The Morgan fingerprint density at radius 1 is 1.10 bits per heavy atom. The maximum Gasteiger partial charge on any atom is 0.389 e. The summed E-state index contributed by atoms with van der Waals surface area (Å²) in [6.45, 7) is 0. The van der Waals surface area contributed by atoms with Crippen molar-refractivity contribution in [2.45, 2.75) is 31.5 Å². The minimum absolute atomic E-state index is 0.127. The Balaban J connectivity index is 1.72. The van der Waals surface area contributed by atoms with Gasteiger partial charge in [-0.3, -0.25) is 4.79 Å². The van der Waals surface area contributed by atoms with Crippen molar-refractivity contribution >= 4 is 16.1 Å². The summed E-state index contributed by atoms with van der Waals surface area (Å²) < 4.78 is 71.2. The van der Waals surface area contributed by atoms with Crippen LogP contribution < -0.4 is 8.92 Å². The number of fused-ring (bicyclic) bond motifs is 1. The van der Waals surface area contributed by atoms with E-state index in [2.05, 4.69) is 0 Å². The van der Waals surface area contributed by atoms with E-state index in [1.54, 1.807) is 18.2 Å². The van der Waals surface area contributed by atoms with Crippen molar-refractivity contribution < 1.29 is 40.4 Å². The number of halogens is 3.